The lowest BCUT2D eigenvalue weighted by Gasteiger charge is -2.21. The van der Waals surface area contributed by atoms with Crippen molar-refractivity contribution in [3.63, 3.8) is 0 Å². The smallest absolute Gasteiger partial charge is 0.310 e. The molecule has 0 saturated carbocycles. The second-order valence-corrected chi connectivity index (χ2v) is 4.44. The molecule has 0 aromatic heterocycles. The maximum Gasteiger partial charge on any atom is 0.416 e. The van der Waals surface area contributed by atoms with E-state index in [9.17, 15) is 13.2 Å². The first kappa shape index (κ1) is 15.3. The Morgan fingerprint density at radius 2 is 1.78 bits per heavy atom. The first-order valence-electron chi connectivity index (χ1n) is 5.98. The van der Waals surface area contributed by atoms with Crippen LogP contribution in [0.25, 0.3) is 0 Å². The van der Waals surface area contributed by atoms with Gasteiger partial charge in [-0.05, 0) is 31.0 Å². The van der Waals surface area contributed by atoms with E-state index in [1.54, 1.807) is 12.1 Å². The molecule has 0 radical (unpaired) electrons. The molecule has 1 heterocycles. The highest BCUT2D eigenvalue weighted by Gasteiger charge is 2.34. The van der Waals surface area contributed by atoms with Gasteiger partial charge in [-0.3, -0.25) is 0 Å². The SMILES string of the molecule is Cl.FC(F)(F)c1ccccc1C1CCCCCN1. The molecule has 0 amide bonds. The van der Waals surface area contributed by atoms with Crippen LogP contribution in [0.4, 0.5) is 13.2 Å². The Hall–Kier alpha value is -0.740. The van der Waals surface area contributed by atoms with E-state index < -0.39 is 11.7 Å². The molecule has 1 aliphatic heterocycles. The molecule has 1 nitrogen and oxygen atoms in total. The van der Waals surface area contributed by atoms with E-state index in [0.717, 1.165) is 32.2 Å². The molecule has 1 atom stereocenters. The van der Waals surface area contributed by atoms with Crippen molar-refractivity contribution in [1.29, 1.82) is 0 Å². The lowest BCUT2D eigenvalue weighted by molar-refractivity contribution is -0.138. The van der Waals surface area contributed by atoms with Crippen molar-refractivity contribution in [3.05, 3.63) is 35.4 Å². The maximum atomic E-state index is 12.9. The number of halogens is 4. The van der Waals surface area contributed by atoms with Crippen molar-refractivity contribution in [2.45, 2.75) is 37.9 Å². The Kier molecular flexibility index (Phi) is 5.47. The van der Waals surface area contributed by atoms with Gasteiger partial charge in [0, 0.05) is 6.04 Å². The maximum absolute atomic E-state index is 12.9. The molecular weight excluding hydrogens is 263 g/mol. The van der Waals surface area contributed by atoms with Crippen LogP contribution in [-0.2, 0) is 6.18 Å². The van der Waals surface area contributed by atoms with Crippen LogP contribution in [0.1, 0.15) is 42.9 Å². The molecule has 1 fully saturated rings. The Morgan fingerprint density at radius 1 is 1.06 bits per heavy atom. The molecule has 1 aliphatic rings. The highest BCUT2D eigenvalue weighted by Crippen LogP contribution is 2.36. The van der Waals surface area contributed by atoms with Gasteiger partial charge in [0.2, 0.25) is 0 Å². The molecule has 1 unspecified atom stereocenters. The highest BCUT2D eigenvalue weighted by molar-refractivity contribution is 5.85. The van der Waals surface area contributed by atoms with Crippen LogP contribution in [0.3, 0.4) is 0 Å². The fraction of sp³-hybridized carbons (Fsp3) is 0.538. The zero-order valence-corrected chi connectivity index (χ0v) is 10.8. The lowest BCUT2D eigenvalue weighted by Crippen LogP contribution is -2.23. The van der Waals surface area contributed by atoms with E-state index in [2.05, 4.69) is 5.32 Å². The van der Waals surface area contributed by atoms with E-state index >= 15 is 0 Å². The van der Waals surface area contributed by atoms with E-state index in [1.165, 1.54) is 12.1 Å². The molecule has 18 heavy (non-hydrogen) atoms. The third-order valence-corrected chi connectivity index (χ3v) is 3.20. The van der Waals surface area contributed by atoms with Crippen molar-refractivity contribution >= 4 is 12.4 Å². The Balaban J connectivity index is 0.00000162. The van der Waals surface area contributed by atoms with Gasteiger partial charge in [0.25, 0.3) is 0 Å². The summed E-state index contributed by atoms with van der Waals surface area (Å²) in [6.45, 7) is 0.802. The molecular formula is C13H17ClF3N. The molecule has 0 spiro atoms. The molecule has 5 heteroatoms. The van der Waals surface area contributed by atoms with Gasteiger partial charge >= 0.3 is 6.18 Å². The first-order chi connectivity index (χ1) is 8.09. The van der Waals surface area contributed by atoms with Gasteiger partial charge < -0.3 is 5.32 Å². The number of benzene rings is 1. The molecule has 2 rings (SSSR count). The van der Waals surface area contributed by atoms with Crippen LogP contribution in [0, 0.1) is 0 Å². The van der Waals surface area contributed by atoms with E-state index in [-0.39, 0.29) is 18.4 Å². The third kappa shape index (κ3) is 3.62. The monoisotopic (exact) mass is 279 g/mol. The topological polar surface area (TPSA) is 12.0 Å². The van der Waals surface area contributed by atoms with Crippen molar-refractivity contribution in [2.75, 3.05) is 6.54 Å². The Morgan fingerprint density at radius 3 is 2.50 bits per heavy atom. The predicted molar refractivity (Wildman–Crippen MR) is 67.9 cm³/mol. The zero-order chi connectivity index (χ0) is 12.3. The fourth-order valence-corrected chi connectivity index (χ4v) is 2.35. The highest BCUT2D eigenvalue weighted by atomic mass is 35.5. The first-order valence-corrected chi connectivity index (χ1v) is 5.98. The zero-order valence-electron chi connectivity index (χ0n) is 9.96. The fourth-order valence-electron chi connectivity index (χ4n) is 2.35. The van der Waals surface area contributed by atoms with Gasteiger partial charge in [-0.15, -0.1) is 12.4 Å². The molecule has 102 valence electrons. The van der Waals surface area contributed by atoms with Crippen molar-refractivity contribution in [2.24, 2.45) is 0 Å². The van der Waals surface area contributed by atoms with Crippen molar-refractivity contribution < 1.29 is 13.2 Å². The van der Waals surface area contributed by atoms with Gasteiger partial charge in [0.1, 0.15) is 0 Å². The number of hydrogen-bond acceptors (Lipinski definition) is 1. The molecule has 0 aliphatic carbocycles. The minimum Gasteiger partial charge on any atom is -0.310 e. The van der Waals surface area contributed by atoms with Crippen molar-refractivity contribution in [1.82, 2.24) is 5.32 Å². The van der Waals surface area contributed by atoms with Gasteiger partial charge in [-0.1, -0.05) is 31.0 Å². The summed E-state index contributed by atoms with van der Waals surface area (Å²) in [4.78, 5) is 0. The minimum absolute atomic E-state index is 0. The van der Waals surface area contributed by atoms with E-state index in [1.807, 2.05) is 0 Å². The molecule has 0 bridgehead atoms. The normalized spacial score (nSPS) is 20.9. The molecule has 1 N–H and O–H groups in total. The minimum atomic E-state index is -4.26. The quantitative estimate of drug-likeness (QED) is 0.807. The van der Waals surface area contributed by atoms with Crippen LogP contribution in [-0.4, -0.2) is 6.54 Å². The predicted octanol–water partition coefficient (Wildman–Crippen LogP) is 4.33. The summed E-state index contributed by atoms with van der Waals surface area (Å²) < 4.78 is 38.6. The largest absolute Gasteiger partial charge is 0.416 e. The summed E-state index contributed by atoms with van der Waals surface area (Å²) in [5.41, 5.74) is -0.110. The van der Waals surface area contributed by atoms with Gasteiger partial charge in [0.05, 0.1) is 5.56 Å². The second-order valence-electron chi connectivity index (χ2n) is 4.44. The standard InChI is InChI=1S/C13H16F3N.ClH/c14-13(15,16)11-7-4-3-6-10(11)12-8-2-1-5-9-17-12;/h3-4,6-7,12,17H,1-2,5,8-9H2;1H. The second kappa shape index (κ2) is 6.43. The van der Waals surface area contributed by atoms with Gasteiger partial charge in [0.15, 0.2) is 0 Å². The van der Waals surface area contributed by atoms with E-state index in [4.69, 9.17) is 0 Å². The average molecular weight is 280 g/mol. The van der Waals surface area contributed by atoms with Crippen LogP contribution in [0.2, 0.25) is 0 Å². The summed E-state index contributed by atoms with van der Waals surface area (Å²) in [5.74, 6) is 0. The Labute approximate surface area is 111 Å². The molecule has 1 saturated heterocycles. The van der Waals surface area contributed by atoms with E-state index in [0.29, 0.717) is 5.56 Å². The number of alkyl halides is 3. The van der Waals surface area contributed by atoms with Crippen LogP contribution in [0.15, 0.2) is 24.3 Å². The third-order valence-electron chi connectivity index (χ3n) is 3.20. The van der Waals surface area contributed by atoms with Gasteiger partial charge in [-0.25, -0.2) is 0 Å². The summed E-state index contributed by atoms with van der Waals surface area (Å²) in [7, 11) is 0. The number of nitrogens with one attached hydrogen (secondary N) is 1. The summed E-state index contributed by atoms with van der Waals surface area (Å²) >= 11 is 0. The van der Waals surface area contributed by atoms with Gasteiger partial charge in [-0.2, -0.15) is 13.2 Å². The van der Waals surface area contributed by atoms with Crippen LogP contribution >= 0.6 is 12.4 Å². The summed E-state index contributed by atoms with van der Waals surface area (Å²) in [5, 5.41) is 3.21. The average Bonchev–Trinajstić information content (AvgIpc) is 2.56. The lowest BCUT2D eigenvalue weighted by atomic mass is 9.96. The Bertz CT molecular complexity index is 371. The number of hydrogen-bond donors (Lipinski definition) is 1. The summed E-state index contributed by atoms with van der Waals surface area (Å²) in [6, 6.07) is 5.73. The molecule has 1 aromatic carbocycles. The van der Waals surface area contributed by atoms with Crippen molar-refractivity contribution in [3.8, 4) is 0 Å². The van der Waals surface area contributed by atoms with Crippen LogP contribution in [0.5, 0.6) is 0 Å². The van der Waals surface area contributed by atoms with Crippen LogP contribution < -0.4 is 5.32 Å². The molecule has 1 aromatic rings. The summed E-state index contributed by atoms with van der Waals surface area (Å²) in [6.07, 6.45) is -0.343. The number of rotatable bonds is 1.